The van der Waals surface area contributed by atoms with E-state index in [4.69, 9.17) is 4.74 Å². The van der Waals surface area contributed by atoms with E-state index in [0.717, 1.165) is 10.8 Å². The van der Waals surface area contributed by atoms with Gasteiger partial charge in [0, 0.05) is 12.5 Å². The molecule has 1 fully saturated rings. The van der Waals surface area contributed by atoms with Crippen molar-refractivity contribution >= 4 is 28.4 Å². The third-order valence-corrected chi connectivity index (χ3v) is 3.36. The van der Waals surface area contributed by atoms with E-state index in [0.29, 0.717) is 5.69 Å². The summed E-state index contributed by atoms with van der Waals surface area (Å²) in [6.07, 6.45) is 0. The maximum Gasteiger partial charge on any atom is 0.329 e. The standard InChI is InChI=1S/C15H14N2O3/c1-20-9-12-14(18)17(15(19)16-12)13-8-4-6-10-5-2-3-7-11(10)13/h2-8,12H,9H2,1H3,(H,16,19)/t12-/m0/s1. The fraction of sp³-hybridized carbons (Fsp3) is 0.200. The summed E-state index contributed by atoms with van der Waals surface area (Å²) in [6.45, 7) is 0.172. The summed E-state index contributed by atoms with van der Waals surface area (Å²) in [4.78, 5) is 25.6. The predicted molar refractivity (Wildman–Crippen MR) is 75.6 cm³/mol. The monoisotopic (exact) mass is 270 g/mol. The van der Waals surface area contributed by atoms with Gasteiger partial charge in [-0.2, -0.15) is 0 Å². The van der Waals surface area contributed by atoms with Crippen molar-refractivity contribution in [2.24, 2.45) is 0 Å². The number of methoxy groups -OCH3 is 1. The number of anilines is 1. The Hall–Kier alpha value is -2.40. The van der Waals surface area contributed by atoms with Crippen LogP contribution >= 0.6 is 0 Å². The number of nitrogens with one attached hydrogen (secondary N) is 1. The van der Waals surface area contributed by atoms with E-state index in [2.05, 4.69) is 5.32 Å². The van der Waals surface area contributed by atoms with Gasteiger partial charge in [0.05, 0.1) is 12.3 Å². The first-order valence-electron chi connectivity index (χ1n) is 6.33. The van der Waals surface area contributed by atoms with Gasteiger partial charge in [0.15, 0.2) is 0 Å². The zero-order chi connectivity index (χ0) is 14.1. The number of hydrogen-bond donors (Lipinski definition) is 1. The lowest BCUT2D eigenvalue weighted by Crippen LogP contribution is -2.34. The number of hydrogen-bond acceptors (Lipinski definition) is 3. The Labute approximate surface area is 116 Å². The van der Waals surface area contributed by atoms with Crippen molar-refractivity contribution in [3.05, 3.63) is 42.5 Å². The minimum atomic E-state index is -0.619. The highest BCUT2D eigenvalue weighted by atomic mass is 16.5. The quantitative estimate of drug-likeness (QED) is 0.867. The van der Waals surface area contributed by atoms with Crippen molar-refractivity contribution in [1.82, 2.24) is 5.32 Å². The predicted octanol–water partition coefficient (Wildman–Crippen LogP) is 1.91. The highest BCUT2D eigenvalue weighted by Crippen LogP contribution is 2.29. The van der Waals surface area contributed by atoms with E-state index in [-0.39, 0.29) is 12.5 Å². The van der Waals surface area contributed by atoms with Gasteiger partial charge in [0.2, 0.25) is 0 Å². The van der Waals surface area contributed by atoms with Crippen molar-refractivity contribution in [2.75, 3.05) is 18.6 Å². The largest absolute Gasteiger partial charge is 0.382 e. The van der Waals surface area contributed by atoms with E-state index in [1.54, 1.807) is 6.07 Å². The number of urea groups is 1. The minimum Gasteiger partial charge on any atom is -0.382 e. The summed E-state index contributed by atoms with van der Waals surface area (Å²) < 4.78 is 4.95. The number of ether oxygens (including phenoxy) is 1. The lowest BCUT2D eigenvalue weighted by molar-refractivity contribution is -0.119. The van der Waals surface area contributed by atoms with Gasteiger partial charge < -0.3 is 10.1 Å². The molecular weight excluding hydrogens is 256 g/mol. The molecule has 0 bridgehead atoms. The molecule has 5 nitrogen and oxygen atoms in total. The van der Waals surface area contributed by atoms with Gasteiger partial charge in [0.25, 0.3) is 5.91 Å². The van der Waals surface area contributed by atoms with Crippen LogP contribution in [-0.4, -0.2) is 31.7 Å². The summed E-state index contributed by atoms with van der Waals surface area (Å²) in [5.74, 6) is -0.284. The third kappa shape index (κ3) is 1.92. The average molecular weight is 270 g/mol. The van der Waals surface area contributed by atoms with Crippen molar-refractivity contribution in [3.63, 3.8) is 0 Å². The van der Waals surface area contributed by atoms with Crippen LogP contribution in [0, 0.1) is 0 Å². The summed E-state index contributed by atoms with van der Waals surface area (Å²) in [5.41, 5.74) is 0.601. The second-order valence-electron chi connectivity index (χ2n) is 4.63. The molecule has 3 rings (SSSR count). The zero-order valence-electron chi connectivity index (χ0n) is 11.0. The Bertz CT molecular complexity index is 678. The van der Waals surface area contributed by atoms with Gasteiger partial charge in [0.1, 0.15) is 6.04 Å². The van der Waals surface area contributed by atoms with E-state index in [9.17, 15) is 9.59 Å². The summed E-state index contributed by atoms with van der Waals surface area (Å²) in [7, 11) is 1.50. The SMILES string of the molecule is COC[C@@H]1NC(=O)N(c2cccc3ccccc23)C1=O. The number of imide groups is 1. The van der Waals surface area contributed by atoms with Crippen LogP contribution in [-0.2, 0) is 9.53 Å². The Balaban J connectivity index is 2.07. The van der Waals surface area contributed by atoms with Crippen LogP contribution < -0.4 is 10.2 Å². The molecule has 20 heavy (non-hydrogen) atoms. The molecule has 0 aliphatic carbocycles. The lowest BCUT2D eigenvalue weighted by atomic mass is 10.1. The second kappa shape index (κ2) is 4.94. The van der Waals surface area contributed by atoms with E-state index < -0.39 is 12.1 Å². The number of carbonyl (C=O) groups is 2. The molecule has 1 heterocycles. The van der Waals surface area contributed by atoms with Gasteiger partial charge in [-0.15, -0.1) is 0 Å². The molecule has 0 unspecified atom stereocenters. The molecule has 1 N–H and O–H groups in total. The van der Waals surface area contributed by atoms with Crippen LogP contribution in [0.25, 0.3) is 10.8 Å². The average Bonchev–Trinajstić information content (AvgIpc) is 2.74. The van der Waals surface area contributed by atoms with E-state index in [1.807, 2.05) is 36.4 Å². The van der Waals surface area contributed by atoms with E-state index in [1.165, 1.54) is 12.0 Å². The number of rotatable bonds is 3. The Morgan fingerprint density at radius 3 is 2.70 bits per heavy atom. The second-order valence-corrected chi connectivity index (χ2v) is 4.63. The molecular formula is C15H14N2O3. The number of benzene rings is 2. The van der Waals surface area contributed by atoms with Crippen LogP contribution in [0.15, 0.2) is 42.5 Å². The first kappa shape index (κ1) is 12.6. The maximum absolute atomic E-state index is 12.3. The first-order valence-corrected chi connectivity index (χ1v) is 6.33. The summed E-state index contributed by atoms with van der Waals surface area (Å²) in [6, 6.07) is 12.2. The lowest BCUT2D eigenvalue weighted by Gasteiger charge is -2.15. The Kier molecular flexibility index (Phi) is 3.12. The summed E-state index contributed by atoms with van der Waals surface area (Å²) in [5, 5.41) is 4.49. The van der Waals surface area contributed by atoms with Crippen molar-refractivity contribution in [1.29, 1.82) is 0 Å². The number of fused-ring (bicyclic) bond motifs is 1. The molecule has 3 amide bonds. The highest BCUT2D eigenvalue weighted by Gasteiger charge is 2.39. The van der Waals surface area contributed by atoms with Crippen LogP contribution in [0.3, 0.4) is 0 Å². The molecule has 0 saturated carbocycles. The molecule has 0 radical (unpaired) electrons. The topological polar surface area (TPSA) is 58.6 Å². The number of amides is 3. The molecule has 1 saturated heterocycles. The normalized spacial score (nSPS) is 18.6. The van der Waals surface area contributed by atoms with Crippen LogP contribution in [0.1, 0.15) is 0 Å². The van der Waals surface area contributed by atoms with E-state index >= 15 is 0 Å². The van der Waals surface area contributed by atoms with Gasteiger partial charge >= 0.3 is 6.03 Å². The molecule has 1 atom stereocenters. The van der Waals surface area contributed by atoms with Crippen molar-refractivity contribution in [2.45, 2.75) is 6.04 Å². The first-order chi connectivity index (χ1) is 9.72. The molecule has 1 aliphatic rings. The number of carbonyl (C=O) groups excluding carboxylic acids is 2. The Morgan fingerprint density at radius 1 is 1.15 bits per heavy atom. The maximum atomic E-state index is 12.3. The van der Waals surface area contributed by atoms with Gasteiger partial charge in [-0.25, -0.2) is 9.69 Å². The Morgan fingerprint density at radius 2 is 1.90 bits per heavy atom. The van der Waals surface area contributed by atoms with Gasteiger partial charge in [-0.1, -0.05) is 36.4 Å². The fourth-order valence-corrected chi connectivity index (χ4v) is 2.44. The molecule has 2 aromatic carbocycles. The zero-order valence-corrected chi connectivity index (χ0v) is 11.0. The third-order valence-electron chi connectivity index (χ3n) is 3.36. The molecule has 0 aromatic heterocycles. The van der Waals surface area contributed by atoms with Crippen molar-refractivity contribution in [3.8, 4) is 0 Å². The summed E-state index contributed by atoms with van der Waals surface area (Å²) >= 11 is 0. The highest BCUT2D eigenvalue weighted by molar-refractivity contribution is 6.24. The van der Waals surface area contributed by atoms with Crippen LogP contribution in [0.5, 0.6) is 0 Å². The smallest absolute Gasteiger partial charge is 0.329 e. The van der Waals surface area contributed by atoms with Crippen LogP contribution in [0.2, 0.25) is 0 Å². The number of nitrogens with zero attached hydrogens (tertiary/aromatic N) is 1. The molecule has 2 aromatic rings. The fourth-order valence-electron chi connectivity index (χ4n) is 2.44. The molecule has 1 aliphatic heterocycles. The molecule has 5 heteroatoms. The van der Waals surface area contributed by atoms with Crippen molar-refractivity contribution < 1.29 is 14.3 Å². The van der Waals surface area contributed by atoms with Gasteiger partial charge in [-0.3, -0.25) is 4.79 Å². The minimum absolute atomic E-state index is 0.172. The molecule has 0 spiro atoms. The van der Waals surface area contributed by atoms with Gasteiger partial charge in [-0.05, 0) is 11.5 Å². The van der Waals surface area contributed by atoms with Crippen LogP contribution in [0.4, 0.5) is 10.5 Å². The molecule has 102 valence electrons.